The zero-order chi connectivity index (χ0) is 20.8. The minimum absolute atomic E-state index is 0.248. The van der Waals surface area contributed by atoms with Gasteiger partial charge in [0.2, 0.25) is 5.75 Å². The molecule has 1 aromatic heterocycles. The summed E-state index contributed by atoms with van der Waals surface area (Å²) < 4.78 is 12.2. The molecule has 0 radical (unpaired) electrons. The number of nitro groups is 1. The number of aryl methyl sites for hydroxylation is 1. The van der Waals surface area contributed by atoms with Crippen LogP contribution in [0.25, 0.3) is 6.08 Å². The normalized spacial score (nSPS) is 11.0. The molecule has 0 aliphatic rings. The lowest BCUT2D eigenvalue weighted by Crippen LogP contribution is -2.11. The van der Waals surface area contributed by atoms with E-state index in [-0.39, 0.29) is 17.1 Å². The van der Waals surface area contributed by atoms with Gasteiger partial charge in [-0.05, 0) is 50.1 Å². The number of hydrogen-bond acceptors (Lipinski definition) is 6. The molecule has 0 fully saturated rings. The zero-order valence-electron chi connectivity index (χ0n) is 16.2. The minimum Gasteiger partial charge on any atom is -0.496 e. The van der Waals surface area contributed by atoms with Gasteiger partial charge in [-0.1, -0.05) is 6.92 Å². The summed E-state index contributed by atoms with van der Waals surface area (Å²) in [5.41, 5.74) is 1.99. The number of rotatable bonds is 7. The number of esters is 1. The number of nitrogens with zero attached hydrogens (tertiary/aromatic N) is 3. The molecular weight excluding hydrogens is 362 g/mol. The highest BCUT2D eigenvalue weighted by atomic mass is 16.6. The lowest BCUT2D eigenvalue weighted by atomic mass is 10.1. The van der Waals surface area contributed by atoms with E-state index < -0.39 is 16.6 Å². The van der Waals surface area contributed by atoms with E-state index in [0.717, 1.165) is 36.0 Å². The summed E-state index contributed by atoms with van der Waals surface area (Å²) >= 11 is 0. The molecule has 0 saturated heterocycles. The van der Waals surface area contributed by atoms with Gasteiger partial charge in [-0.15, -0.1) is 0 Å². The van der Waals surface area contributed by atoms with Crippen LogP contribution in [0.15, 0.2) is 29.8 Å². The maximum Gasteiger partial charge on any atom is 0.354 e. The summed E-state index contributed by atoms with van der Waals surface area (Å²) in [4.78, 5) is 23.0. The molecule has 0 aliphatic heterocycles. The molecule has 0 bridgehead atoms. The number of benzene rings is 1. The van der Waals surface area contributed by atoms with Crippen LogP contribution in [0.1, 0.15) is 30.3 Å². The minimum atomic E-state index is -0.962. The highest BCUT2D eigenvalue weighted by Crippen LogP contribution is 2.31. The van der Waals surface area contributed by atoms with Crippen molar-refractivity contribution in [3.8, 4) is 17.6 Å². The molecule has 28 heavy (non-hydrogen) atoms. The number of aromatic nitrogens is 1. The zero-order valence-corrected chi connectivity index (χ0v) is 16.2. The maximum atomic E-state index is 12.4. The fraction of sp³-hybridized carbons (Fsp3) is 0.300. The van der Waals surface area contributed by atoms with Gasteiger partial charge in [0.15, 0.2) is 0 Å². The fourth-order valence-corrected chi connectivity index (χ4v) is 2.84. The molecule has 0 atom stereocenters. The molecule has 0 amide bonds. The lowest BCUT2D eigenvalue weighted by Gasteiger charge is -2.07. The van der Waals surface area contributed by atoms with Crippen molar-refractivity contribution < 1.29 is 19.2 Å². The first-order chi connectivity index (χ1) is 13.3. The van der Waals surface area contributed by atoms with Gasteiger partial charge in [0.25, 0.3) is 0 Å². The topological polar surface area (TPSA) is 107 Å². The fourth-order valence-electron chi connectivity index (χ4n) is 2.84. The first kappa shape index (κ1) is 20.7. The quantitative estimate of drug-likeness (QED) is 0.179. The Morgan fingerprint density at radius 2 is 2.07 bits per heavy atom. The van der Waals surface area contributed by atoms with Crippen LogP contribution < -0.4 is 9.47 Å². The average molecular weight is 383 g/mol. The second-order valence-electron chi connectivity index (χ2n) is 6.13. The predicted molar refractivity (Wildman–Crippen MR) is 103 cm³/mol. The Bertz CT molecular complexity index is 982. The maximum absolute atomic E-state index is 12.4. The summed E-state index contributed by atoms with van der Waals surface area (Å²) in [6.45, 7) is 6.75. The van der Waals surface area contributed by atoms with Crippen LogP contribution in [0.5, 0.6) is 11.5 Å². The Labute approximate surface area is 162 Å². The SMILES string of the molecule is CCCn1c(C)cc(C=C(C#N)C(=O)Oc2ccc(OC)cc2[N+](=O)[O-])c1C. The monoisotopic (exact) mass is 383 g/mol. The first-order valence-electron chi connectivity index (χ1n) is 8.65. The van der Waals surface area contributed by atoms with E-state index in [0.29, 0.717) is 0 Å². The van der Waals surface area contributed by atoms with Crippen LogP contribution >= 0.6 is 0 Å². The molecule has 0 aliphatic carbocycles. The number of nitriles is 1. The molecule has 0 spiro atoms. The smallest absolute Gasteiger partial charge is 0.354 e. The van der Waals surface area contributed by atoms with Crippen molar-refractivity contribution in [1.82, 2.24) is 4.57 Å². The Kier molecular flexibility index (Phi) is 6.55. The van der Waals surface area contributed by atoms with Crippen LogP contribution in [-0.4, -0.2) is 22.6 Å². The Morgan fingerprint density at radius 3 is 2.64 bits per heavy atom. The van der Waals surface area contributed by atoms with E-state index in [1.807, 2.05) is 26.0 Å². The first-order valence-corrected chi connectivity index (χ1v) is 8.65. The van der Waals surface area contributed by atoms with Crippen LogP contribution in [0.2, 0.25) is 0 Å². The molecule has 0 unspecified atom stereocenters. The van der Waals surface area contributed by atoms with Crippen LogP contribution in [-0.2, 0) is 11.3 Å². The van der Waals surface area contributed by atoms with Crippen molar-refractivity contribution in [3.05, 3.63) is 56.9 Å². The van der Waals surface area contributed by atoms with Crippen LogP contribution in [0, 0.1) is 35.3 Å². The number of methoxy groups -OCH3 is 1. The molecule has 0 saturated carbocycles. The molecular formula is C20H21N3O5. The number of hydrogen-bond donors (Lipinski definition) is 0. The van der Waals surface area contributed by atoms with E-state index >= 15 is 0 Å². The molecule has 8 heteroatoms. The second-order valence-corrected chi connectivity index (χ2v) is 6.13. The van der Waals surface area contributed by atoms with Crippen LogP contribution in [0.4, 0.5) is 5.69 Å². The van der Waals surface area contributed by atoms with Gasteiger partial charge in [-0.3, -0.25) is 10.1 Å². The van der Waals surface area contributed by atoms with E-state index in [1.54, 1.807) is 0 Å². The van der Waals surface area contributed by atoms with E-state index in [4.69, 9.17) is 9.47 Å². The molecule has 146 valence electrons. The second kappa shape index (κ2) is 8.86. The number of ether oxygens (including phenoxy) is 2. The van der Waals surface area contributed by atoms with Gasteiger partial charge >= 0.3 is 11.7 Å². The standard InChI is InChI=1S/C20H21N3O5/c1-5-8-22-13(2)9-15(14(22)3)10-16(12-21)20(24)28-19-7-6-17(27-4)11-18(19)23(25)26/h6-7,9-11H,5,8H2,1-4H3. The van der Waals surface area contributed by atoms with Crippen molar-refractivity contribution in [2.24, 2.45) is 0 Å². The van der Waals surface area contributed by atoms with Crippen LogP contribution in [0.3, 0.4) is 0 Å². The van der Waals surface area contributed by atoms with Crippen molar-refractivity contribution >= 4 is 17.7 Å². The molecule has 2 rings (SSSR count). The van der Waals surface area contributed by atoms with Gasteiger partial charge in [0, 0.05) is 17.9 Å². The van der Waals surface area contributed by atoms with Gasteiger partial charge in [-0.2, -0.15) is 5.26 Å². The third-order valence-corrected chi connectivity index (χ3v) is 4.27. The molecule has 2 aromatic rings. The Balaban J connectivity index is 2.35. The van der Waals surface area contributed by atoms with E-state index in [9.17, 15) is 20.2 Å². The lowest BCUT2D eigenvalue weighted by molar-refractivity contribution is -0.385. The van der Waals surface area contributed by atoms with Gasteiger partial charge in [-0.25, -0.2) is 4.79 Å². The summed E-state index contributed by atoms with van der Waals surface area (Å²) in [5.74, 6) is -0.963. The third-order valence-electron chi connectivity index (χ3n) is 4.27. The Hall–Kier alpha value is -3.60. The summed E-state index contributed by atoms with van der Waals surface area (Å²) in [7, 11) is 1.37. The van der Waals surface area contributed by atoms with Gasteiger partial charge in [0.1, 0.15) is 17.4 Å². The average Bonchev–Trinajstić information content (AvgIpc) is 2.93. The van der Waals surface area contributed by atoms with E-state index in [2.05, 4.69) is 11.5 Å². The van der Waals surface area contributed by atoms with Crippen molar-refractivity contribution in [2.75, 3.05) is 7.11 Å². The number of nitro benzene ring substituents is 1. The number of carbonyl (C=O) groups is 1. The summed E-state index contributed by atoms with van der Waals surface area (Å²) in [6, 6.07) is 7.54. The van der Waals surface area contributed by atoms with Crippen molar-refractivity contribution in [1.29, 1.82) is 5.26 Å². The van der Waals surface area contributed by atoms with Crippen molar-refractivity contribution in [3.63, 3.8) is 0 Å². The molecule has 0 N–H and O–H groups in total. The van der Waals surface area contributed by atoms with Gasteiger partial charge < -0.3 is 14.0 Å². The molecule has 8 nitrogen and oxygen atoms in total. The summed E-state index contributed by atoms with van der Waals surface area (Å²) in [5, 5.41) is 20.6. The predicted octanol–water partition coefficient (Wildman–Crippen LogP) is 3.94. The molecule has 1 aromatic carbocycles. The van der Waals surface area contributed by atoms with Crippen molar-refractivity contribution in [2.45, 2.75) is 33.7 Å². The number of carbonyl (C=O) groups excluding carboxylic acids is 1. The third kappa shape index (κ3) is 4.38. The van der Waals surface area contributed by atoms with Gasteiger partial charge in [0.05, 0.1) is 18.1 Å². The highest BCUT2D eigenvalue weighted by Gasteiger charge is 2.22. The van der Waals surface area contributed by atoms with E-state index in [1.165, 1.54) is 25.3 Å². The Morgan fingerprint density at radius 1 is 1.36 bits per heavy atom. The molecule has 1 heterocycles. The largest absolute Gasteiger partial charge is 0.496 e. The highest BCUT2D eigenvalue weighted by molar-refractivity contribution is 5.99. The summed E-state index contributed by atoms with van der Waals surface area (Å²) in [6.07, 6.45) is 2.39.